The summed E-state index contributed by atoms with van der Waals surface area (Å²) in [6, 6.07) is 9.82. The van der Waals surface area contributed by atoms with Gasteiger partial charge >= 0.3 is 0 Å². The van der Waals surface area contributed by atoms with Crippen molar-refractivity contribution in [1.82, 2.24) is 9.55 Å². The van der Waals surface area contributed by atoms with Crippen LogP contribution < -0.4 is 5.73 Å². The molecule has 2 heterocycles. The first kappa shape index (κ1) is 10.1. The lowest BCUT2D eigenvalue weighted by atomic mass is 10.2. The van der Waals surface area contributed by atoms with Crippen molar-refractivity contribution in [3.63, 3.8) is 0 Å². The zero-order valence-electron chi connectivity index (χ0n) is 9.55. The molecule has 0 bridgehead atoms. The molecule has 1 aromatic carbocycles. The first-order valence-corrected chi connectivity index (χ1v) is 5.49. The quantitative estimate of drug-likeness (QED) is 0.730. The Bertz CT molecular complexity index is 653. The molecule has 0 saturated heterocycles. The lowest BCUT2D eigenvalue weighted by molar-refractivity contribution is 0.574. The van der Waals surface area contributed by atoms with E-state index in [4.69, 9.17) is 10.2 Å². The predicted molar refractivity (Wildman–Crippen MR) is 66.3 cm³/mol. The number of aryl methyl sites for hydroxylation is 1. The van der Waals surface area contributed by atoms with Gasteiger partial charge in [-0.15, -0.1) is 0 Å². The molecule has 17 heavy (non-hydrogen) atoms. The van der Waals surface area contributed by atoms with Crippen LogP contribution in [0.4, 0.5) is 0 Å². The third-order valence-electron chi connectivity index (χ3n) is 2.92. The number of imidazole rings is 1. The van der Waals surface area contributed by atoms with E-state index in [1.807, 2.05) is 35.9 Å². The zero-order valence-corrected chi connectivity index (χ0v) is 9.55. The van der Waals surface area contributed by atoms with Gasteiger partial charge < -0.3 is 14.7 Å². The minimum atomic E-state index is 0.539. The van der Waals surface area contributed by atoms with Crippen LogP contribution >= 0.6 is 0 Å². The van der Waals surface area contributed by atoms with Crippen LogP contribution in [0.2, 0.25) is 0 Å². The largest absolute Gasteiger partial charge is 0.461 e. The lowest BCUT2D eigenvalue weighted by Crippen LogP contribution is -1.96. The van der Waals surface area contributed by atoms with Crippen molar-refractivity contribution in [2.75, 3.05) is 0 Å². The normalized spacial score (nSPS) is 11.2. The molecule has 0 aliphatic rings. The molecule has 4 heteroatoms. The summed E-state index contributed by atoms with van der Waals surface area (Å²) >= 11 is 0. The fraction of sp³-hybridized carbons (Fsp3) is 0.154. The van der Waals surface area contributed by atoms with Crippen molar-refractivity contribution in [2.45, 2.75) is 6.54 Å². The number of hydrogen-bond donors (Lipinski definition) is 1. The average Bonchev–Trinajstić information content (AvgIpc) is 2.97. The standard InChI is InChI=1S/C13H13N3O/c1-16-11-7-9(8-14)4-5-10(11)15-13(16)12-3-2-6-17-12/h2-7H,8,14H2,1H3. The maximum Gasteiger partial charge on any atom is 0.176 e. The first-order valence-electron chi connectivity index (χ1n) is 5.49. The van der Waals surface area contributed by atoms with Crippen LogP contribution in [0.3, 0.4) is 0 Å². The monoisotopic (exact) mass is 227 g/mol. The number of hydrogen-bond acceptors (Lipinski definition) is 3. The predicted octanol–water partition coefficient (Wildman–Crippen LogP) is 2.29. The third kappa shape index (κ3) is 1.54. The minimum Gasteiger partial charge on any atom is -0.461 e. The van der Waals surface area contributed by atoms with Gasteiger partial charge in [0.15, 0.2) is 11.6 Å². The Labute approximate surface area is 98.7 Å². The third-order valence-corrected chi connectivity index (χ3v) is 2.92. The van der Waals surface area contributed by atoms with Crippen molar-refractivity contribution in [3.8, 4) is 11.6 Å². The molecule has 2 N–H and O–H groups in total. The second-order valence-electron chi connectivity index (χ2n) is 4.00. The number of aromatic nitrogens is 2. The highest BCUT2D eigenvalue weighted by atomic mass is 16.3. The van der Waals surface area contributed by atoms with Crippen LogP contribution in [-0.4, -0.2) is 9.55 Å². The topological polar surface area (TPSA) is 57.0 Å². The summed E-state index contributed by atoms with van der Waals surface area (Å²) in [7, 11) is 1.98. The van der Waals surface area contributed by atoms with Crippen LogP contribution in [0.1, 0.15) is 5.56 Å². The highest BCUT2D eigenvalue weighted by Gasteiger charge is 2.11. The molecule has 3 aromatic rings. The number of nitrogens with zero attached hydrogens (tertiary/aromatic N) is 2. The van der Waals surface area contributed by atoms with E-state index in [2.05, 4.69) is 11.1 Å². The van der Waals surface area contributed by atoms with Gasteiger partial charge in [-0.3, -0.25) is 0 Å². The van der Waals surface area contributed by atoms with Gasteiger partial charge in [0.25, 0.3) is 0 Å². The smallest absolute Gasteiger partial charge is 0.176 e. The van der Waals surface area contributed by atoms with E-state index in [1.165, 1.54) is 0 Å². The van der Waals surface area contributed by atoms with Gasteiger partial charge in [0.2, 0.25) is 0 Å². The molecular weight excluding hydrogens is 214 g/mol. The number of nitrogens with two attached hydrogens (primary N) is 1. The second-order valence-corrected chi connectivity index (χ2v) is 4.00. The van der Waals surface area contributed by atoms with E-state index in [0.29, 0.717) is 6.54 Å². The Hall–Kier alpha value is -2.07. The van der Waals surface area contributed by atoms with Crippen molar-refractivity contribution >= 4 is 11.0 Å². The molecule has 0 fully saturated rings. The van der Waals surface area contributed by atoms with Gasteiger partial charge in [-0.25, -0.2) is 4.98 Å². The van der Waals surface area contributed by atoms with Gasteiger partial charge in [-0.05, 0) is 29.8 Å². The molecule has 0 saturated carbocycles. The summed E-state index contributed by atoms with van der Waals surface area (Å²) in [6.45, 7) is 0.539. The van der Waals surface area contributed by atoms with Gasteiger partial charge in [-0.2, -0.15) is 0 Å². The summed E-state index contributed by atoms with van der Waals surface area (Å²) < 4.78 is 7.40. The van der Waals surface area contributed by atoms with Crippen molar-refractivity contribution in [3.05, 3.63) is 42.2 Å². The van der Waals surface area contributed by atoms with Crippen molar-refractivity contribution in [2.24, 2.45) is 12.8 Å². The Balaban J connectivity index is 2.25. The lowest BCUT2D eigenvalue weighted by Gasteiger charge is -2.00. The average molecular weight is 227 g/mol. The molecular formula is C13H13N3O. The summed E-state index contributed by atoms with van der Waals surface area (Å²) in [5.41, 5.74) is 8.77. The van der Waals surface area contributed by atoms with Crippen LogP contribution in [0, 0.1) is 0 Å². The van der Waals surface area contributed by atoms with Gasteiger partial charge in [0, 0.05) is 13.6 Å². The maximum atomic E-state index is 5.64. The molecule has 0 atom stereocenters. The number of furan rings is 1. The number of fused-ring (bicyclic) bond motifs is 1. The molecule has 0 radical (unpaired) electrons. The fourth-order valence-corrected chi connectivity index (χ4v) is 1.99. The van der Waals surface area contributed by atoms with Crippen LogP contribution in [-0.2, 0) is 13.6 Å². The van der Waals surface area contributed by atoms with Crippen LogP contribution in [0.15, 0.2) is 41.0 Å². The molecule has 3 rings (SSSR count). The Kier molecular flexibility index (Phi) is 2.23. The van der Waals surface area contributed by atoms with Gasteiger partial charge in [0.05, 0.1) is 17.3 Å². The van der Waals surface area contributed by atoms with Crippen LogP contribution in [0.5, 0.6) is 0 Å². The van der Waals surface area contributed by atoms with Gasteiger partial charge in [-0.1, -0.05) is 6.07 Å². The van der Waals surface area contributed by atoms with E-state index in [1.54, 1.807) is 6.26 Å². The highest BCUT2D eigenvalue weighted by molar-refractivity contribution is 5.80. The SMILES string of the molecule is Cn1c(-c2ccco2)nc2ccc(CN)cc21. The summed E-state index contributed by atoms with van der Waals surface area (Å²) in [4.78, 5) is 4.56. The van der Waals surface area contributed by atoms with E-state index in [9.17, 15) is 0 Å². The molecule has 0 amide bonds. The Morgan fingerprint density at radius 3 is 2.94 bits per heavy atom. The van der Waals surface area contributed by atoms with E-state index in [0.717, 1.165) is 28.2 Å². The maximum absolute atomic E-state index is 5.64. The molecule has 0 aliphatic carbocycles. The molecule has 86 valence electrons. The summed E-state index contributed by atoms with van der Waals surface area (Å²) in [5, 5.41) is 0. The molecule has 2 aromatic heterocycles. The number of benzene rings is 1. The molecule has 4 nitrogen and oxygen atoms in total. The highest BCUT2D eigenvalue weighted by Crippen LogP contribution is 2.24. The van der Waals surface area contributed by atoms with E-state index >= 15 is 0 Å². The first-order chi connectivity index (χ1) is 8.29. The fourth-order valence-electron chi connectivity index (χ4n) is 1.99. The second kappa shape index (κ2) is 3.75. The van der Waals surface area contributed by atoms with E-state index in [-0.39, 0.29) is 0 Å². The number of rotatable bonds is 2. The molecule has 0 spiro atoms. The Morgan fingerprint density at radius 2 is 2.24 bits per heavy atom. The van der Waals surface area contributed by atoms with Crippen molar-refractivity contribution < 1.29 is 4.42 Å². The van der Waals surface area contributed by atoms with Crippen molar-refractivity contribution in [1.29, 1.82) is 0 Å². The van der Waals surface area contributed by atoms with Crippen LogP contribution in [0.25, 0.3) is 22.6 Å². The zero-order chi connectivity index (χ0) is 11.8. The molecule has 0 unspecified atom stereocenters. The molecule has 0 aliphatic heterocycles. The summed E-state index contributed by atoms with van der Waals surface area (Å²) in [5.74, 6) is 1.61. The Morgan fingerprint density at radius 1 is 1.35 bits per heavy atom. The van der Waals surface area contributed by atoms with E-state index < -0.39 is 0 Å². The van der Waals surface area contributed by atoms with Gasteiger partial charge in [0.1, 0.15) is 0 Å². The summed E-state index contributed by atoms with van der Waals surface area (Å²) in [6.07, 6.45) is 1.65. The minimum absolute atomic E-state index is 0.539.